The van der Waals surface area contributed by atoms with Gasteiger partial charge in [0, 0.05) is 35.9 Å². The predicted octanol–water partition coefficient (Wildman–Crippen LogP) is 4.52. The van der Waals surface area contributed by atoms with Gasteiger partial charge in [-0.25, -0.2) is 4.98 Å². The molecule has 0 radical (unpaired) electrons. The summed E-state index contributed by atoms with van der Waals surface area (Å²) in [5.41, 5.74) is 3.26. The molecule has 2 aromatic rings. The summed E-state index contributed by atoms with van der Waals surface area (Å²) in [6.07, 6.45) is 3.54. The fourth-order valence-corrected chi connectivity index (χ4v) is 4.38. The molecule has 1 aromatic carbocycles. The molecule has 0 spiro atoms. The van der Waals surface area contributed by atoms with E-state index in [1.165, 1.54) is 16.9 Å². The van der Waals surface area contributed by atoms with Crippen LogP contribution in [0.25, 0.3) is 11.3 Å². The van der Waals surface area contributed by atoms with Crippen LogP contribution in [0.4, 0.5) is 5.13 Å². The SMILES string of the molecule is CC(C)c1ccc(-c2csc(NC(=O)C3CCN(C(=O)C4CC4)CC3)n2)cc1. The molecule has 1 N–H and O–H groups in total. The Labute approximate surface area is 170 Å². The Morgan fingerprint density at radius 3 is 2.36 bits per heavy atom. The Bertz CT molecular complexity index is 847. The van der Waals surface area contributed by atoms with E-state index in [9.17, 15) is 9.59 Å². The molecule has 1 aliphatic heterocycles. The minimum Gasteiger partial charge on any atom is -0.342 e. The highest BCUT2D eigenvalue weighted by molar-refractivity contribution is 7.14. The van der Waals surface area contributed by atoms with Gasteiger partial charge in [0.25, 0.3) is 0 Å². The van der Waals surface area contributed by atoms with Crippen molar-refractivity contribution in [2.75, 3.05) is 18.4 Å². The normalized spacial score (nSPS) is 17.8. The first-order valence-corrected chi connectivity index (χ1v) is 11.0. The number of carbonyl (C=O) groups excluding carboxylic acids is 2. The summed E-state index contributed by atoms with van der Waals surface area (Å²) in [6, 6.07) is 8.44. The van der Waals surface area contributed by atoms with Gasteiger partial charge in [-0.2, -0.15) is 0 Å². The number of hydrogen-bond acceptors (Lipinski definition) is 4. The quantitative estimate of drug-likeness (QED) is 0.807. The van der Waals surface area contributed by atoms with Gasteiger partial charge in [-0.1, -0.05) is 38.1 Å². The molecule has 1 aliphatic carbocycles. The lowest BCUT2D eigenvalue weighted by Gasteiger charge is -2.31. The lowest BCUT2D eigenvalue weighted by Crippen LogP contribution is -2.42. The van der Waals surface area contributed by atoms with E-state index in [2.05, 4.69) is 48.4 Å². The number of amides is 2. The van der Waals surface area contributed by atoms with Crippen molar-refractivity contribution in [3.05, 3.63) is 35.2 Å². The molecule has 28 heavy (non-hydrogen) atoms. The van der Waals surface area contributed by atoms with Crippen LogP contribution in [0.2, 0.25) is 0 Å². The fourth-order valence-electron chi connectivity index (χ4n) is 3.66. The average Bonchev–Trinajstić information content (AvgIpc) is 3.46. The van der Waals surface area contributed by atoms with Crippen LogP contribution in [0.1, 0.15) is 51.0 Å². The van der Waals surface area contributed by atoms with Gasteiger partial charge in [0.05, 0.1) is 5.69 Å². The molecule has 1 saturated carbocycles. The monoisotopic (exact) mass is 397 g/mol. The maximum absolute atomic E-state index is 12.6. The van der Waals surface area contributed by atoms with E-state index in [1.54, 1.807) is 0 Å². The maximum atomic E-state index is 12.6. The molecular formula is C22H27N3O2S. The van der Waals surface area contributed by atoms with E-state index in [-0.39, 0.29) is 23.7 Å². The molecule has 2 fully saturated rings. The zero-order chi connectivity index (χ0) is 19.7. The summed E-state index contributed by atoms with van der Waals surface area (Å²) in [4.78, 5) is 31.3. The second-order valence-electron chi connectivity index (χ2n) is 8.18. The number of piperidine rings is 1. The molecule has 2 amide bonds. The van der Waals surface area contributed by atoms with Crippen molar-refractivity contribution in [1.29, 1.82) is 0 Å². The minimum absolute atomic E-state index is 0.0228. The first-order valence-electron chi connectivity index (χ1n) is 10.2. The Kier molecular flexibility index (Phi) is 5.49. The van der Waals surface area contributed by atoms with Crippen molar-refractivity contribution < 1.29 is 9.59 Å². The maximum Gasteiger partial charge on any atom is 0.229 e. The van der Waals surface area contributed by atoms with Crippen molar-refractivity contribution in [3.63, 3.8) is 0 Å². The third kappa shape index (κ3) is 4.27. The summed E-state index contributed by atoms with van der Waals surface area (Å²) in [5, 5.41) is 5.60. The molecule has 5 nitrogen and oxygen atoms in total. The summed E-state index contributed by atoms with van der Waals surface area (Å²) in [6.45, 7) is 5.74. The van der Waals surface area contributed by atoms with Gasteiger partial charge in [-0.3, -0.25) is 9.59 Å². The highest BCUT2D eigenvalue weighted by Gasteiger charge is 2.36. The van der Waals surface area contributed by atoms with Crippen LogP contribution < -0.4 is 5.32 Å². The molecule has 0 unspecified atom stereocenters. The molecule has 0 atom stereocenters. The highest BCUT2D eigenvalue weighted by atomic mass is 32.1. The molecule has 1 aromatic heterocycles. The third-order valence-corrected chi connectivity index (χ3v) is 6.47. The number of nitrogens with one attached hydrogen (secondary N) is 1. The molecular weight excluding hydrogens is 370 g/mol. The Hall–Kier alpha value is -2.21. The number of anilines is 1. The molecule has 6 heteroatoms. The molecule has 2 aliphatic rings. The van der Waals surface area contributed by atoms with Crippen LogP contribution in [-0.2, 0) is 9.59 Å². The number of nitrogens with zero attached hydrogens (tertiary/aromatic N) is 2. The zero-order valence-corrected chi connectivity index (χ0v) is 17.3. The van der Waals surface area contributed by atoms with Gasteiger partial charge in [0.2, 0.25) is 11.8 Å². The zero-order valence-electron chi connectivity index (χ0n) is 16.5. The minimum atomic E-state index is -0.0408. The van der Waals surface area contributed by atoms with Crippen LogP contribution in [0.5, 0.6) is 0 Å². The summed E-state index contributed by atoms with van der Waals surface area (Å²) >= 11 is 1.46. The summed E-state index contributed by atoms with van der Waals surface area (Å²) in [5.74, 6) is 1.03. The van der Waals surface area contributed by atoms with Gasteiger partial charge in [0.1, 0.15) is 0 Å². The predicted molar refractivity (Wildman–Crippen MR) is 112 cm³/mol. The number of aromatic nitrogens is 1. The van der Waals surface area contributed by atoms with E-state index in [0.717, 1.165) is 36.9 Å². The Morgan fingerprint density at radius 2 is 1.75 bits per heavy atom. The number of likely N-dealkylation sites (tertiary alicyclic amines) is 1. The third-order valence-electron chi connectivity index (χ3n) is 5.71. The second-order valence-corrected chi connectivity index (χ2v) is 9.04. The standard InChI is InChI=1S/C22H27N3O2S/c1-14(2)15-3-5-16(6-4-15)19-13-28-22(23-19)24-20(26)17-9-11-25(12-10-17)21(27)18-7-8-18/h3-6,13-14,17-18H,7-12H2,1-2H3,(H,23,24,26). The average molecular weight is 398 g/mol. The van der Waals surface area contributed by atoms with E-state index in [1.807, 2.05) is 10.3 Å². The summed E-state index contributed by atoms with van der Waals surface area (Å²) in [7, 11) is 0. The van der Waals surface area contributed by atoms with Gasteiger partial charge < -0.3 is 10.2 Å². The Balaban J connectivity index is 1.32. The Morgan fingerprint density at radius 1 is 1.07 bits per heavy atom. The number of carbonyl (C=O) groups is 2. The number of benzene rings is 1. The molecule has 0 bridgehead atoms. The van der Waals surface area contributed by atoms with E-state index >= 15 is 0 Å². The number of thiazole rings is 1. The smallest absolute Gasteiger partial charge is 0.229 e. The number of hydrogen-bond donors (Lipinski definition) is 1. The summed E-state index contributed by atoms with van der Waals surface area (Å²) < 4.78 is 0. The van der Waals surface area contributed by atoms with Crippen molar-refractivity contribution in [2.45, 2.75) is 45.4 Å². The van der Waals surface area contributed by atoms with Crippen molar-refractivity contribution in [1.82, 2.24) is 9.88 Å². The largest absolute Gasteiger partial charge is 0.342 e. The lowest BCUT2D eigenvalue weighted by atomic mass is 9.95. The lowest BCUT2D eigenvalue weighted by molar-refractivity contribution is -0.135. The fraction of sp³-hybridized carbons (Fsp3) is 0.500. The molecule has 4 rings (SSSR count). The van der Waals surface area contributed by atoms with Gasteiger partial charge in [-0.05, 0) is 37.2 Å². The molecule has 1 saturated heterocycles. The van der Waals surface area contributed by atoms with Crippen molar-refractivity contribution >= 4 is 28.3 Å². The highest BCUT2D eigenvalue weighted by Crippen LogP contribution is 2.33. The van der Waals surface area contributed by atoms with Gasteiger partial charge >= 0.3 is 0 Å². The second kappa shape index (κ2) is 8.03. The van der Waals surface area contributed by atoms with Crippen LogP contribution in [0, 0.1) is 11.8 Å². The van der Waals surface area contributed by atoms with Crippen LogP contribution in [0.15, 0.2) is 29.6 Å². The number of rotatable bonds is 5. The molecule has 2 heterocycles. The van der Waals surface area contributed by atoms with Crippen LogP contribution in [-0.4, -0.2) is 34.8 Å². The van der Waals surface area contributed by atoms with E-state index in [0.29, 0.717) is 24.1 Å². The molecule has 148 valence electrons. The first kappa shape index (κ1) is 19.1. The topological polar surface area (TPSA) is 62.3 Å². The first-order chi connectivity index (χ1) is 13.5. The van der Waals surface area contributed by atoms with Crippen LogP contribution >= 0.6 is 11.3 Å². The van der Waals surface area contributed by atoms with Crippen molar-refractivity contribution in [3.8, 4) is 11.3 Å². The van der Waals surface area contributed by atoms with Gasteiger partial charge in [-0.15, -0.1) is 11.3 Å². The van der Waals surface area contributed by atoms with Gasteiger partial charge in [0.15, 0.2) is 5.13 Å². The van der Waals surface area contributed by atoms with E-state index in [4.69, 9.17) is 0 Å². The van der Waals surface area contributed by atoms with E-state index < -0.39 is 0 Å². The van der Waals surface area contributed by atoms with Crippen molar-refractivity contribution in [2.24, 2.45) is 11.8 Å². The van der Waals surface area contributed by atoms with Crippen LogP contribution in [0.3, 0.4) is 0 Å².